The number of H-pyrrole nitrogens is 1. The molecule has 0 unspecified atom stereocenters. The number of aryl methyl sites for hydroxylation is 1. The number of hydrogen-bond acceptors (Lipinski definition) is 4. The molecule has 1 aliphatic carbocycles. The third-order valence-electron chi connectivity index (χ3n) is 6.17. The number of aromatic nitrogens is 4. The molecule has 0 aliphatic heterocycles. The molecule has 0 radical (unpaired) electrons. The van der Waals surface area contributed by atoms with Crippen molar-refractivity contribution in [3.63, 3.8) is 0 Å². The van der Waals surface area contributed by atoms with Crippen molar-refractivity contribution in [2.75, 3.05) is 5.32 Å². The lowest BCUT2D eigenvalue weighted by atomic mass is 9.92. The summed E-state index contributed by atoms with van der Waals surface area (Å²) in [5.74, 6) is 0.756. The van der Waals surface area contributed by atoms with Gasteiger partial charge in [-0.3, -0.25) is 15.1 Å². The number of urea groups is 1. The van der Waals surface area contributed by atoms with Gasteiger partial charge in [0.15, 0.2) is 0 Å². The second kappa shape index (κ2) is 8.44. The van der Waals surface area contributed by atoms with Crippen LogP contribution in [0.5, 0.6) is 0 Å². The molecule has 5 rings (SSSR count). The molecule has 174 valence electrons. The SMILES string of the molecule is CC(C)(C)c1cc(NC(=O)NCc2cccc3ccccc23)n(-c2nc3c(c(=O)[nH]2)CCC3)n1. The standard InChI is InChI=1S/C26H28N6O2/c1-26(2,3)21-14-22(32(31-21)24-28-20-13-7-12-19(20)23(33)30-24)29-25(34)27-15-17-10-6-9-16-8-4-5-11-18(16)17/h4-6,8-11,14H,7,12-13,15H2,1-3H3,(H2,27,29,34)(H,28,30,33). The van der Waals surface area contributed by atoms with E-state index in [0.717, 1.165) is 52.5 Å². The largest absolute Gasteiger partial charge is 0.334 e. The molecule has 0 atom stereocenters. The number of carbonyl (C=O) groups excluding carboxylic acids is 1. The smallest absolute Gasteiger partial charge is 0.320 e. The van der Waals surface area contributed by atoms with Crippen LogP contribution in [-0.4, -0.2) is 25.8 Å². The number of fused-ring (bicyclic) bond motifs is 2. The van der Waals surface area contributed by atoms with Gasteiger partial charge in [0.25, 0.3) is 5.56 Å². The number of hydrogen-bond donors (Lipinski definition) is 3. The van der Waals surface area contributed by atoms with E-state index < -0.39 is 0 Å². The Labute approximate surface area is 197 Å². The van der Waals surface area contributed by atoms with Crippen LogP contribution in [0.3, 0.4) is 0 Å². The monoisotopic (exact) mass is 456 g/mol. The molecule has 8 nitrogen and oxygen atoms in total. The number of carbonyl (C=O) groups is 1. The maximum atomic E-state index is 12.9. The highest BCUT2D eigenvalue weighted by Crippen LogP contribution is 2.26. The summed E-state index contributed by atoms with van der Waals surface area (Å²) in [4.78, 5) is 32.9. The average Bonchev–Trinajstić information content (AvgIpc) is 3.45. The van der Waals surface area contributed by atoms with Crippen molar-refractivity contribution in [3.05, 3.63) is 81.4 Å². The fourth-order valence-corrected chi connectivity index (χ4v) is 4.31. The van der Waals surface area contributed by atoms with Crippen LogP contribution < -0.4 is 16.2 Å². The van der Waals surface area contributed by atoms with E-state index in [-0.39, 0.29) is 17.0 Å². The molecule has 4 aromatic rings. The number of nitrogens with zero attached hydrogens (tertiary/aromatic N) is 3. The first-order valence-corrected chi connectivity index (χ1v) is 11.5. The third kappa shape index (κ3) is 4.19. The third-order valence-corrected chi connectivity index (χ3v) is 6.17. The highest BCUT2D eigenvalue weighted by Gasteiger charge is 2.24. The molecule has 3 N–H and O–H groups in total. The fourth-order valence-electron chi connectivity index (χ4n) is 4.31. The lowest BCUT2D eigenvalue weighted by Gasteiger charge is -2.14. The first-order valence-electron chi connectivity index (χ1n) is 11.5. The topological polar surface area (TPSA) is 105 Å². The zero-order valence-corrected chi connectivity index (χ0v) is 19.6. The second-order valence-corrected chi connectivity index (χ2v) is 9.69. The summed E-state index contributed by atoms with van der Waals surface area (Å²) in [5.41, 5.74) is 2.96. The molecule has 0 saturated carbocycles. The Morgan fingerprint density at radius 1 is 1.12 bits per heavy atom. The summed E-state index contributed by atoms with van der Waals surface area (Å²) in [6.45, 7) is 6.51. The molecule has 34 heavy (non-hydrogen) atoms. The molecule has 1 aliphatic rings. The van der Waals surface area contributed by atoms with E-state index in [1.807, 2.05) is 57.2 Å². The van der Waals surface area contributed by atoms with Crippen molar-refractivity contribution in [1.82, 2.24) is 25.1 Å². The number of rotatable bonds is 4. The molecule has 0 spiro atoms. The molecule has 2 aromatic heterocycles. The van der Waals surface area contributed by atoms with E-state index in [9.17, 15) is 9.59 Å². The van der Waals surface area contributed by atoms with Crippen molar-refractivity contribution >= 4 is 22.6 Å². The molecule has 2 aromatic carbocycles. The lowest BCUT2D eigenvalue weighted by Crippen LogP contribution is -2.29. The van der Waals surface area contributed by atoms with Crippen molar-refractivity contribution in [3.8, 4) is 5.95 Å². The quantitative estimate of drug-likeness (QED) is 0.428. The Balaban J connectivity index is 1.42. The van der Waals surface area contributed by atoms with Crippen LogP contribution in [0.2, 0.25) is 0 Å². The molecular formula is C26H28N6O2. The first-order chi connectivity index (χ1) is 16.3. The predicted octanol–water partition coefficient (Wildman–Crippen LogP) is 4.22. The van der Waals surface area contributed by atoms with E-state index in [1.54, 1.807) is 0 Å². The van der Waals surface area contributed by atoms with Crippen LogP contribution in [0.4, 0.5) is 10.6 Å². The van der Waals surface area contributed by atoms with Gasteiger partial charge in [-0.1, -0.05) is 63.2 Å². The summed E-state index contributed by atoms with van der Waals surface area (Å²) in [7, 11) is 0. The molecule has 8 heteroatoms. The van der Waals surface area contributed by atoms with Crippen LogP contribution in [0, 0.1) is 0 Å². The van der Waals surface area contributed by atoms with Gasteiger partial charge in [-0.2, -0.15) is 9.78 Å². The van der Waals surface area contributed by atoms with Crippen LogP contribution in [-0.2, 0) is 24.8 Å². The molecule has 0 bridgehead atoms. The normalized spacial score (nSPS) is 13.1. The summed E-state index contributed by atoms with van der Waals surface area (Å²) in [6, 6.07) is 15.6. The minimum atomic E-state index is -0.363. The lowest BCUT2D eigenvalue weighted by molar-refractivity contribution is 0.251. The minimum absolute atomic E-state index is 0.142. The van der Waals surface area contributed by atoms with Crippen molar-refractivity contribution in [2.45, 2.75) is 52.0 Å². The van der Waals surface area contributed by atoms with E-state index in [0.29, 0.717) is 18.3 Å². The van der Waals surface area contributed by atoms with Crippen molar-refractivity contribution < 1.29 is 4.79 Å². The number of benzene rings is 2. The highest BCUT2D eigenvalue weighted by atomic mass is 16.2. The maximum absolute atomic E-state index is 12.9. The van der Waals surface area contributed by atoms with Crippen LogP contribution in [0.25, 0.3) is 16.7 Å². The molecular weight excluding hydrogens is 428 g/mol. The first kappa shape index (κ1) is 21.9. The van der Waals surface area contributed by atoms with E-state index >= 15 is 0 Å². The van der Waals surface area contributed by atoms with Gasteiger partial charge in [0.1, 0.15) is 5.82 Å². The summed E-state index contributed by atoms with van der Waals surface area (Å²) >= 11 is 0. The highest BCUT2D eigenvalue weighted by molar-refractivity contribution is 5.90. The van der Waals surface area contributed by atoms with Crippen molar-refractivity contribution in [1.29, 1.82) is 0 Å². The van der Waals surface area contributed by atoms with Gasteiger partial charge in [0.2, 0.25) is 5.95 Å². The average molecular weight is 457 g/mol. The van der Waals surface area contributed by atoms with Crippen LogP contribution in [0.15, 0.2) is 53.3 Å². The van der Waals surface area contributed by atoms with Crippen molar-refractivity contribution in [2.24, 2.45) is 0 Å². The summed E-state index contributed by atoms with van der Waals surface area (Å²) in [6.07, 6.45) is 2.43. The summed E-state index contributed by atoms with van der Waals surface area (Å²) < 4.78 is 1.51. The molecule has 0 saturated heterocycles. The minimum Gasteiger partial charge on any atom is -0.334 e. The number of anilines is 1. The van der Waals surface area contributed by atoms with Crippen LogP contribution in [0.1, 0.15) is 49.7 Å². The maximum Gasteiger partial charge on any atom is 0.320 e. The van der Waals surface area contributed by atoms with Gasteiger partial charge in [0.05, 0.1) is 11.4 Å². The summed E-state index contributed by atoms with van der Waals surface area (Å²) in [5, 5.41) is 12.7. The van der Waals surface area contributed by atoms with E-state index in [2.05, 4.69) is 37.8 Å². The molecule has 0 fully saturated rings. The zero-order valence-electron chi connectivity index (χ0n) is 19.6. The molecule has 2 heterocycles. The number of nitrogens with one attached hydrogen (secondary N) is 3. The van der Waals surface area contributed by atoms with Gasteiger partial charge >= 0.3 is 6.03 Å². The van der Waals surface area contributed by atoms with Gasteiger partial charge < -0.3 is 5.32 Å². The van der Waals surface area contributed by atoms with Gasteiger partial charge in [-0.15, -0.1) is 0 Å². The van der Waals surface area contributed by atoms with E-state index in [1.165, 1.54) is 4.68 Å². The Hall–Kier alpha value is -3.94. The zero-order chi connectivity index (χ0) is 23.9. The molecule has 2 amide bonds. The van der Waals surface area contributed by atoms with Crippen LogP contribution >= 0.6 is 0 Å². The Morgan fingerprint density at radius 2 is 1.91 bits per heavy atom. The predicted molar refractivity (Wildman–Crippen MR) is 133 cm³/mol. The fraction of sp³-hybridized carbons (Fsp3) is 0.308. The number of aromatic amines is 1. The Kier molecular flexibility index (Phi) is 5.43. The van der Waals surface area contributed by atoms with Gasteiger partial charge in [0, 0.05) is 23.6 Å². The number of amides is 2. The Morgan fingerprint density at radius 3 is 2.74 bits per heavy atom. The van der Waals surface area contributed by atoms with Gasteiger partial charge in [-0.05, 0) is 35.6 Å². The van der Waals surface area contributed by atoms with E-state index in [4.69, 9.17) is 0 Å². The van der Waals surface area contributed by atoms with Gasteiger partial charge in [-0.25, -0.2) is 9.78 Å². The Bertz CT molecular complexity index is 1440. The second-order valence-electron chi connectivity index (χ2n) is 9.69.